The Balaban J connectivity index is 1.50. The highest BCUT2D eigenvalue weighted by atomic mass is 19.1. The summed E-state index contributed by atoms with van der Waals surface area (Å²) in [6, 6.07) is 5.96. The summed E-state index contributed by atoms with van der Waals surface area (Å²) in [5.74, 6) is 0.705. The minimum atomic E-state index is -0.367. The van der Waals surface area contributed by atoms with Gasteiger partial charge in [-0.25, -0.2) is 9.37 Å². The average molecular weight is 385 g/mol. The van der Waals surface area contributed by atoms with Crippen LogP contribution in [-0.4, -0.2) is 47.1 Å². The first-order valence-electron chi connectivity index (χ1n) is 9.81. The normalized spacial score (nSPS) is 20.8. The number of carbonyl (C=O) groups is 1. The molecule has 1 atom stereocenters. The summed E-state index contributed by atoms with van der Waals surface area (Å²) < 4.78 is 24.7. The molecule has 3 heterocycles. The monoisotopic (exact) mass is 385 g/mol. The number of carbonyl (C=O) groups excluding carboxylic acids is 1. The number of benzene rings is 1. The summed E-state index contributed by atoms with van der Waals surface area (Å²) in [5.41, 5.74) is 0.719. The van der Waals surface area contributed by atoms with Gasteiger partial charge in [0.25, 0.3) is 0 Å². The van der Waals surface area contributed by atoms with Crippen molar-refractivity contribution in [1.82, 2.24) is 14.9 Å². The lowest BCUT2D eigenvalue weighted by molar-refractivity contribution is -0.139. The van der Waals surface area contributed by atoms with E-state index in [9.17, 15) is 9.18 Å². The predicted octanol–water partition coefficient (Wildman–Crippen LogP) is 3.54. The molecule has 0 aliphatic carbocycles. The number of likely N-dealkylation sites (tertiary alicyclic amines) is 1. The van der Waals surface area contributed by atoms with Gasteiger partial charge in [0, 0.05) is 56.6 Å². The number of halogens is 1. The van der Waals surface area contributed by atoms with Gasteiger partial charge in [-0.3, -0.25) is 9.78 Å². The molecule has 2 aliphatic rings. The SMILES string of the molecule is O=C(C1CCOCC1)N1CCCC(c2nccnc2Oc2cccc(F)c2)C1. The number of amides is 1. The van der Waals surface area contributed by atoms with E-state index in [1.54, 1.807) is 24.5 Å². The van der Waals surface area contributed by atoms with Crippen LogP contribution in [0.25, 0.3) is 0 Å². The number of aromatic nitrogens is 2. The highest BCUT2D eigenvalue weighted by molar-refractivity contribution is 5.79. The molecule has 4 rings (SSSR count). The lowest BCUT2D eigenvalue weighted by Gasteiger charge is -2.35. The molecule has 0 bridgehead atoms. The van der Waals surface area contributed by atoms with Crippen molar-refractivity contribution in [1.29, 1.82) is 0 Å². The highest BCUT2D eigenvalue weighted by Crippen LogP contribution is 2.33. The maximum Gasteiger partial charge on any atom is 0.241 e. The fourth-order valence-corrected chi connectivity index (χ4v) is 3.94. The third-order valence-electron chi connectivity index (χ3n) is 5.39. The second kappa shape index (κ2) is 8.65. The topological polar surface area (TPSA) is 64.5 Å². The molecular formula is C21H24FN3O3. The smallest absolute Gasteiger partial charge is 0.241 e. The van der Waals surface area contributed by atoms with Gasteiger partial charge in [0.05, 0.1) is 0 Å². The average Bonchev–Trinajstić information content (AvgIpc) is 2.74. The first kappa shape index (κ1) is 18.8. The van der Waals surface area contributed by atoms with E-state index >= 15 is 0 Å². The van der Waals surface area contributed by atoms with Crippen LogP contribution in [0, 0.1) is 11.7 Å². The van der Waals surface area contributed by atoms with E-state index in [1.165, 1.54) is 12.1 Å². The van der Waals surface area contributed by atoms with E-state index in [4.69, 9.17) is 9.47 Å². The van der Waals surface area contributed by atoms with Crippen LogP contribution in [0.15, 0.2) is 36.7 Å². The summed E-state index contributed by atoms with van der Waals surface area (Å²) in [4.78, 5) is 23.7. The zero-order valence-electron chi connectivity index (χ0n) is 15.7. The van der Waals surface area contributed by atoms with Crippen molar-refractivity contribution in [3.05, 3.63) is 48.2 Å². The molecule has 0 radical (unpaired) electrons. The van der Waals surface area contributed by atoms with Crippen molar-refractivity contribution < 1.29 is 18.7 Å². The van der Waals surface area contributed by atoms with Crippen molar-refractivity contribution in [2.75, 3.05) is 26.3 Å². The zero-order valence-corrected chi connectivity index (χ0v) is 15.7. The van der Waals surface area contributed by atoms with Crippen molar-refractivity contribution in [3.63, 3.8) is 0 Å². The van der Waals surface area contributed by atoms with E-state index in [2.05, 4.69) is 9.97 Å². The Morgan fingerprint density at radius 3 is 2.82 bits per heavy atom. The summed E-state index contributed by atoms with van der Waals surface area (Å²) in [7, 11) is 0. The Bertz CT molecular complexity index is 826. The fourth-order valence-electron chi connectivity index (χ4n) is 3.94. The third-order valence-corrected chi connectivity index (χ3v) is 5.39. The summed E-state index contributed by atoms with van der Waals surface area (Å²) in [5, 5.41) is 0. The molecule has 148 valence electrons. The van der Waals surface area contributed by atoms with Gasteiger partial charge in [-0.1, -0.05) is 6.07 Å². The maximum absolute atomic E-state index is 13.5. The van der Waals surface area contributed by atoms with Crippen molar-refractivity contribution in [2.45, 2.75) is 31.6 Å². The summed E-state index contributed by atoms with van der Waals surface area (Å²) in [6.07, 6.45) is 6.60. The van der Waals surface area contributed by atoms with Gasteiger partial charge < -0.3 is 14.4 Å². The van der Waals surface area contributed by atoms with Crippen LogP contribution in [0.3, 0.4) is 0 Å². The fraction of sp³-hybridized carbons (Fsp3) is 0.476. The van der Waals surface area contributed by atoms with E-state index in [-0.39, 0.29) is 23.6 Å². The van der Waals surface area contributed by atoms with Gasteiger partial charge in [-0.05, 0) is 37.8 Å². The van der Waals surface area contributed by atoms with Gasteiger partial charge in [0.2, 0.25) is 11.8 Å². The first-order valence-corrected chi connectivity index (χ1v) is 9.81. The molecule has 0 saturated carbocycles. The number of rotatable bonds is 4. The lowest BCUT2D eigenvalue weighted by Crippen LogP contribution is -2.43. The van der Waals surface area contributed by atoms with E-state index in [0.717, 1.165) is 37.9 Å². The molecule has 1 aromatic heterocycles. The van der Waals surface area contributed by atoms with Crippen LogP contribution >= 0.6 is 0 Å². The number of nitrogens with zero attached hydrogens (tertiary/aromatic N) is 3. The van der Waals surface area contributed by atoms with Gasteiger partial charge in [0.1, 0.15) is 17.3 Å². The van der Waals surface area contributed by atoms with Crippen LogP contribution in [0.2, 0.25) is 0 Å². The Kier molecular flexibility index (Phi) is 5.81. The molecule has 28 heavy (non-hydrogen) atoms. The molecule has 1 amide bonds. The molecule has 0 N–H and O–H groups in total. The van der Waals surface area contributed by atoms with E-state index < -0.39 is 0 Å². The van der Waals surface area contributed by atoms with Crippen molar-refractivity contribution in [3.8, 4) is 11.6 Å². The first-order chi connectivity index (χ1) is 13.7. The summed E-state index contributed by atoms with van der Waals surface area (Å²) in [6.45, 7) is 2.69. The van der Waals surface area contributed by atoms with Gasteiger partial charge in [-0.15, -0.1) is 0 Å². The van der Waals surface area contributed by atoms with Gasteiger partial charge >= 0.3 is 0 Å². The van der Waals surface area contributed by atoms with E-state index in [0.29, 0.717) is 31.4 Å². The Hall–Kier alpha value is -2.54. The number of piperidine rings is 1. The minimum Gasteiger partial charge on any atom is -0.437 e. The molecule has 2 aromatic rings. The Morgan fingerprint density at radius 2 is 2.00 bits per heavy atom. The molecular weight excluding hydrogens is 361 g/mol. The Morgan fingerprint density at radius 1 is 1.18 bits per heavy atom. The number of hydrogen-bond donors (Lipinski definition) is 0. The lowest BCUT2D eigenvalue weighted by atomic mass is 9.92. The molecule has 1 unspecified atom stereocenters. The molecule has 2 saturated heterocycles. The van der Waals surface area contributed by atoms with Gasteiger partial charge in [-0.2, -0.15) is 0 Å². The van der Waals surface area contributed by atoms with Crippen LogP contribution in [0.1, 0.15) is 37.3 Å². The maximum atomic E-state index is 13.5. The molecule has 2 aliphatic heterocycles. The number of ether oxygens (including phenoxy) is 2. The van der Waals surface area contributed by atoms with Crippen molar-refractivity contribution in [2.24, 2.45) is 5.92 Å². The van der Waals surface area contributed by atoms with Crippen LogP contribution < -0.4 is 4.74 Å². The molecule has 0 spiro atoms. The van der Waals surface area contributed by atoms with Crippen LogP contribution in [0.5, 0.6) is 11.6 Å². The molecule has 7 heteroatoms. The highest BCUT2D eigenvalue weighted by Gasteiger charge is 2.32. The standard InChI is InChI=1S/C21H24FN3O3/c22-17-4-1-5-18(13-17)28-20-19(23-8-9-24-20)16-3-2-10-25(14-16)21(26)15-6-11-27-12-7-15/h1,4-5,8-9,13,15-16H,2-3,6-7,10-12,14H2. The second-order valence-corrected chi connectivity index (χ2v) is 7.32. The van der Waals surface area contributed by atoms with Crippen LogP contribution in [-0.2, 0) is 9.53 Å². The number of hydrogen-bond acceptors (Lipinski definition) is 5. The van der Waals surface area contributed by atoms with Gasteiger partial charge in [0.15, 0.2) is 0 Å². The van der Waals surface area contributed by atoms with E-state index in [1.807, 2.05) is 4.90 Å². The minimum absolute atomic E-state index is 0.0507. The van der Waals surface area contributed by atoms with Crippen LogP contribution in [0.4, 0.5) is 4.39 Å². The zero-order chi connectivity index (χ0) is 19.3. The largest absolute Gasteiger partial charge is 0.437 e. The van der Waals surface area contributed by atoms with Crippen molar-refractivity contribution >= 4 is 5.91 Å². The quantitative estimate of drug-likeness (QED) is 0.805. The summed E-state index contributed by atoms with van der Waals surface area (Å²) >= 11 is 0. The molecule has 6 nitrogen and oxygen atoms in total. The molecule has 1 aromatic carbocycles. The Labute approximate surface area is 163 Å². The molecule has 2 fully saturated rings. The predicted molar refractivity (Wildman–Crippen MR) is 101 cm³/mol. The second-order valence-electron chi connectivity index (χ2n) is 7.32. The third kappa shape index (κ3) is 4.30.